The molecule has 3 heteroatoms. The monoisotopic (exact) mass is 285 g/mol. The van der Waals surface area contributed by atoms with Gasteiger partial charge in [-0.1, -0.05) is 37.5 Å². The molecule has 1 unspecified atom stereocenters. The van der Waals surface area contributed by atoms with Gasteiger partial charge in [0.15, 0.2) is 5.78 Å². The van der Waals surface area contributed by atoms with Crippen LogP contribution in [0.15, 0.2) is 72.1 Å². The Morgan fingerprint density at radius 3 is 2.76 bits per heavy atom. The number of hydrogen-bond acceptors (Lipinski definition) is 3. The summed E-state index contributed by atoms with van der Waals surface area (Å²) in [6.07, 6.45) is 11.3. The quantitative estimate of drug-likeness (QED) is 0.443. The van der Waals surface area contributed by atoms with Gasteiger partial charge in [-0.05, 0) is 36.6 Å². The van der Waals surface area contributed by atoms with Gasteiger partial charge < -0.3 is 10.5 Å². The molecule has 3 nitrogen and oxygen atoms in total. The smallest absolute Gasteiger partial charge is 0.180 e. The summed E-state index contributed by atoms with van der Waals surface area (Å²) in [4.78, 5) is 12.0. The van der Waals surface area contributed by atoms with Gasteiger partial charge in [0.1, 0.15) is 6.10 Å². The van der Waals surface area contributed by atoms with Crippen LogP contribution in [0.1, 0.15) is 20.3 Å². The van der Waals surface area contributed by atoms with Crippen molar-refractivity contribution in [3.05, 3.63) is 72.1 Å². The highest BCUT2D eigenvalue weighted by Gasteiger charge is 2.18. The molecule has 112 valence electrons. The summed E-state index contributed by atoms with van der Waals surface area (Å²) >= 11 is 0. The minimum absolute atomic E-state index is 0.0549. The van der Waals surface area contributed by atoms with Crippen LogP contribution in [0.2, 0.25) is 0 Å². The molecule has 0 aliphatic heterocycles. The van der Waals surface area contributed by atoms with Crippen LogP contribution in [-0.4, -0.2) is 18.4 Å². The first-order chi connectivity index (χ1) is 10.0. The summed E-state index contributed by atoms with van der Waals surface area (Å²) in [5, 5.41) is 0. The van der Waals surface area contributed by atoms with Gasteiger partial charge in [-0.15, -0.1) is 0 Å². The topological polar surface area (TPSA) is 52.3 Å². The molecule has 0 fully saturated rings. The van der Waals surface area contributed by atoms with Crippen molar-refractivity contribution in [1.29, 1.82) is 0 Å². The largest absolute Gasteiger partial charge is 0.493 e. The average Bonchev–Trinajstić information content (AvgIpc) is 2.80. The van der Waals surface area contributed by atoms with Crippen LogP contribution >= 0.6 is 0 Å². The van der Waals surface area contributed by atoms with E-state index in [2.05, 4.69) is 13.2 Å². The fourth-order valence-corrected chi connectivity index (χ4v) is 2.02. The van der Waals surface area contributed by atoms with Crippen LogP contribution < -0.4 is 5.73 Å². The van der Waals surface area contributed by atoms with Crippen LogP contribution in [0.25, 0.3) is 0 Å². The molecule has 0 radical (unpaired) electrons. The lowest BCUT2D eigenvalue weighted by atomic mass is 10.0. The maximum Gasteiger partial charge on any atom is 0.180 e. The molecular weight excluding hydrogens is 262 g/mol. The van der Waals surface area contributed by atoms with Crippen LogP contribution in [-0.2, 0) is 9.53 Å². The number of ketones is 1. The number of carbonyl (C=O) groups excluding carboxylic acids is 1. The Morgan fingerprint density at radius 2 is 2.29 bits per heavy atom. The van der Waals surface area contributed by atoms with Crippen LogP contribution in [0.4, 0.5) is 0 Å². The lowest BCUT2D eigenvalue weighted by molar-refractivity contribution is -0.114. The summed E-state index contributed by atoms with van der Waals surface area (Å²) in [6.45, 7) is 11.4. The first kappa shape index (κ1) is 16.9. The van der Waals surface area contributed by atoms with Crippen molar-refractivity contribution in [2.45, 2.75) is 26.4 Å². The van der Waals surface area contributed by atoms with Crippen molar-refractivity contribution in [2.75, 3.05) is 6.54 Å². The molecule has 0 aromatic heterocycles. The van der Waals surface area contributed by atoms with Gasteiger partial charge in [0.05, 0.1) is 18.4 Å². The van der Waals surface area contributed by atoms with E-state index in [0.717, 1.165) is 23.1 Å². The van der Waals surface area contributed by atoms with Crippen molar-refractivity contribution >= 4 is 5.78 Å². The molecule has 1 aliphatic carbocycles. The normalized spacial score (nSPS) is 19.9. The highest BCUT2D eigenvalue weighted by atomic mass is 16.5. The van der Waals surface area contributed by atoms with E-state index >= 15 is 0 Å². The van der Waals surface area contributed by atoms with Crippen LogP contribution in [0, 0.1) is 0 Å². The molecular formula is C18H23NO2. The third kappa shape index (κ3) is 4.72. The van der Waals surface area contributed by atoms with Gasteiger partial charge in [-0.3, -0.25) is 4.79 Å². The molecule has 21 heavy (non-hydrogen) atoms. The molecule has 0 aromatic carbocycles. The molecule has 2 N–H and O–H groups in total. The summed E-state index contributed by atoms with van der Waals surface area (Å²) in [5.74, 6) is -0.158. The second-order valence-electron chi connectivity index (χ2n) is 4.83. The van der Waals surface area contributed by atoms with E-state index in [9.17, 15) is 4.79 Å². The Kier molecular flexibility index (Phi) is 6.63. The summed E-state index contributed by atoms with van der Waals surface area (Å²) in [6, 6.07) is 0. The fraction of sp³-hybridized carbons (Fsp3) is 0.278. The number of hydrogen-bond donors (Lipinski definition) is 1. The molecule has 0 amide bonds. The molecule has 1 rings (SSSR count). The summed E-state index contributed by atoms with van der Waals surface area (Å²) in [7, 11) is 0. The maximum atomic E-state index is 12.0. The van der Waals surface area contributed by atoms with Gasteiger partial charge >= 0.3 is 0 Å². The van der Waals surface area contributed by atoms with E-state index in [1.807, 2.05) is 32.1 Å². The zero-order valence-electron chi connectivity index (χ0n) is 12.8. The van der Waals surface area contributed by atoms with Crippen molar-refractivity contribution < 1.29 is 9.53 Å². The predicted molar refractivity (Wildman–Crippen MR) is 87.6 cm³/mol. The van der Waals surface area contributed by atoms with E-state index in [1.165, 1.54) is 6.26 Å². The Morgan fingerprint density at radius 1 is 1.57 bits per heavy atom. The average molecular weight is 285 g/mol. The van der Waals surface area contributed by atoms with Crippen molar-refractivity contribution in [2.24, 2.45) is 5.73 Å². The van der Waals surface area contributed by atoms with E-state index in [0.29, 0.717) is 5.57 Å². The number of allylic oxidation sites excluding steroid dienone is 6. The minimum Gasteiger partial charge on any atom is -0.493 e. The summed E-state index contributed by atoms with van der Waals surface area (Å²) < 4.78 is 5.72. The van der Waals surface area contributed by atoms with E-state index < -0.39 is 0 Å². The SMILES string of the molecule is C=C\C=C/C(=C\C)C(=C\OC1C=C(C)C(=C)C1)/C(=O)CN. The maximum absolute atomic E-state index is 12.0. The zero-order chi connectivity index (χ0) is 15.8. The Balaban J connectivity index is 2.95. The minimum atomic E-state index is -0.158. The number of rotatable bonds is 7. The second-order valence-corrected chi connectivity index (χ2v) is 4.83. The molecule has 0 heterocycles. The second kappa shape index (κ2) is 8.22. The first-order valence-electron chi connectivity index (χ1n) is 6.94. The molecule has 0 aromatic rings. The lowest BCUT2D eigenvalue weighted by Crippen LogP contribution is -2.17. The Hall–Kier alpha value is -2.13. The number of nitrogens with two attached hydrogens (primary N) is 1. The van der Waals surface area contributed by atoms with Crippen molar-refractivity contribution in [1.82, 2.24) is 0 Å². The number of Topliss-reactive ketones (excluding diaryl/α,β-unsaturated/α-hetero) is 1. The highest BCUT2D eigenvalue weighted by Crippen LogP contribution is 2.26. The third-order valence-corrected chi connectivity index (χ3v) is 3.32. The first-order valence-corrected chi connectivity index (χ1v) is 6.94. The predicted octanol–water partition coefficient (Wildman–Crippen LogP) is 3.38. The van der Waals surface area contributed by atoms with Crippen molar-refractivity contribution in [3.8, 4) is 0 Å². The Labute approximate surface area is 126 Å². The molecule has 1 aliphatic rings. The van der Waals surface area contributed by atoms with Crippen LogP contribution in [0.5, 0.6) is 0 Å². The number of carbonyl (C=O) groups is 1. The van der Waals surface area contributed by atoms with Gasteiger partial charge in [-0.2, -0.15) is 0 Å². The summed E-state index contributed by atoms with van der Waals surface area (Å²) in [5.41, 5.74) is 8.92. The molecule has 1 atom stereocenters. The number of ether oxygens (including phenoxy) is 1. The van der Waals surface area contributed by atoms with Gasteiger partial charge in [0, 0.05) is 6.42 Å². The fourth-order valence-electron chi connectivity index (χ4n) is 2.02. The molecule has 0 saturated heterocycles. The standard InChI is InChI=1S/C18H23NO2/c1-5-7-8-15(6-2)17(18(20)11-19)12-21-16-9-13(3)14(4)10-16/h5-8,10,12,16H,1,3,9,11,19H2,2,4H3/b8-7-,15-6+,17-12+. The van der Waals surface area contributed by atoms with Gasteiger partial charge in [-0.25, -0.2) is 0 Å². The highest BCUT2D eigenvalue weighted by molar-refractivity contribution is 6.01. The van der Waals surface area contributed by atoms with Crippen molar-refractivity contribution in [3.63, 3.8) is 0 Å². The van der Waals surface area contributed by atoms with E-state index in [-0.39, 0.29) is 18.4 Å². The van der Waals surface area contributed by atoms with E-state index in [4.69, 9.17) is 10.5 Å². The molecule has 0 saturated carbocycles. The zero-order valence-corrected chi connectivity index (χ0v) is 12.8. The molecule has 0 bridgehead atoms. The lowest BCUT2D eigenvalue weighted by Gasteiger charge is -2.11. The molecule has 0 spiro atoms. The van der Waals surface area contributed by atoms with E-state index in [1.54, 1.807) is 12.2 Å². The van der Waals surface area contributed by atoms with Gasteiger partial charge in [0.25, 0.3) is 0 Å². The van der Waals surface area contributed by atoms with Crippen LogP contribution in [0.3, 0.4) is 0 Å². The Bertz CT molecular complexity index is 548. The third-order valence-electron chi connectivity index (χ3n) is 3.32. The van der Waals surface area contributed by atoms with Gasteiger partial charge in [0.2, 0.25) is 0 Å².